The molecule has 11 heteroatoms. The normalized spacial score (nSPS) is 13.1. The lowest BCUT2D eigenvalue weighted by Crippen LogP contribution is -2.41. The number of alkyl halides is 2. The molecule has 4 rings (SSSR count). The number of nitrogens with one attached hydrogen (secondary N) is 2. The topological polar surface area (TPSA) is 123 Å². The Kier molecular flexibility index (Phi) is 6.76. The molecule has 0 fully saturated rings. The summed E-state index contributed by atoms with van der Waals surface area (Å²) in [4.78, 5) is 35.9. The van der Waals surface area contributed by atoms with Crippen LogP contribution in [-0.2, 0) is 16.6 Å². The van der Waals surface area contributed by atoms with Crippen molar-refractivity contribution < 1.29 is 33.0 Å². The van der Waals surface area contributed by atoms with E-state index in [2.05, 4.69) is 10.4 Å². The van der Waals surface area contributed by atoms with Crippen LogP contribution in [0.2, 0.25) is 0 Å². The van der Waals surface area contributed by atoms with Gasteiger partial charge in [0.25, 0.3) is 12.3 Å². The molecule has 0 radical (unpaired) electrons. The molecule has 0 bridgehead atoms. The summed E-state index contributed by atoms with van der Waals surface area (Å²) in [7, 11) is 1.44. The molecule has 1 atom stereocenters. The molecular weight excluding hydrogens is 462 g/mol. The average molecular weight is 484 g/mol. The number of halogens is 2. The van der Waals surface area contributed by atoms with Crippen molar-refractivity contribution in [3.8, 4) is 11.1 Å². The van der Waals surface area contributed by atoms with Crippen molar-refractivity contribution in [2.45, 2.75) is 24.8 Å². The van der Waals surface area contributed by atoms with E-state index < -0.39 is 36.9 Å². The van der Waals surface area contributed by atoms with Gasteiger partial charge >= 0.3 is 12.1 Å². The maximum atomic E-state index is 13.1. The number of fused-ring (bicyclic) bond motifs is 3. The fourth-order valence-electron chi connectivity index (χ4n) is 4.12. The van der Waals surface area contributed by atoms with Crippen molar-refractivity contribution >= 4 is 23.8 Å². The van der Waals surface area contributed by atoms with E-state index in [4.69, 9.17) is 9.84 Å². The lowest BCUT2D eigenvalue weighted by atomic mass is 9.98. The Hall–Kier alpha value is -4.28. The van der Waals surface area contributed by atoms with Gasteiger partial charge < -0.3 is 15.2 Å². The van der Waals surface area contributed by atoms with Gasteiger partial charge in [-0.2, -0.15) is 5.10 Å². The number of amides is 2. The lowest BCUT2D eigenvalue weighted by molar-refractivity contribution is -0.138. The monoisotopic (exact) mass is 484 g/mol. The molecule has 2 amide bonds. The Labute approximate surface area is 198 Å². The van der Waals surface area contributed by atoms with Crippen molar-refractivity contribution in [3.63, 3.8) is 0 Å². The van der Waals surface area contributed by atoms with Crippen LogP contribution in [0.15, 0.2) is 54.7 Å². The van der Waals surface area contributed by atoms with Gasteiger partial charge in [0.05, 0.1) is 12.6 Å². The van der Waals surface area contributed by atoms with E-state index in [0.29, 0.717) is 0 Å². The molecule has 1 aliphatic rings. The smallest absolute Gasteiger partial charge is 0.412 e. The highest BCUT2D eigenvalue weighted by molar-refractivity contribution is 6.01. The Morgan fingerprint density at radius 1 is 1.09 bits per heavy atom. The molecular formula is C24H22F2N4O5. The van der Waals surface area contributed by atoms with Crippen LogP contribution < -0.4 is 10.6 Å². The second kappa shape index (κ2) is 9.92. The van der Waals surface area contributed by atoms with E-state index in [1.54, 1.807) is 0 Å². The van der Waals surface area contributed by atoms with E-state index in [9.17, 15) is 23.2 Å². The minimum absolute atomic E-state index is 0.0330. The molecule has 0 aliphatic heterocycles. The summed E-state index contributed by atoms with van der Waals surface area (Å²) in [5.41, 5.74) is 3.98. The molecule has 0 saturated heterocycles. The lowest BCUT2D eigenvalue weighted by Gasteiger charge is -2.17. The first-order valence-corrected chi connectivity index (χ1v) is 10.7. The Morgan fingerprint density at radius 3 is 2.26 bits per heavy atom. The minimum atomic E-state index is -3.09. The maximum Gasteiger partial charge on any atom is 0.412 e. The van der Waals surface area contributed by atoms with Gasteiger partial charge in [-0.25, -0.2) is 13.6 Å². The first kappa shape index (κ1) is 23.9. The number of hydrogen-bond donors (Lipinski definition) is 3. The Bertz CT molecular complexity index is 1230. The molecule has 1 heterocycles. The van der Waals surface area contributed by atoms with E-state index in [1.807, 2.05) is 53.8 Å². The molecule has 9 nitrogen and oxygen atoms in total. The number of nitrogens with zero attached hydrogens (tertiary/aromatic N) is 2. The highest BCUT2D eigenvalue weighted by atomic mass is 19.3. The number of aryl methyl sites for hydroxylation is 1. The number of rotatable bonds is 8. The fourth-order valence-corrected chi connectivity index (χ4v) is 4.12. The van der Waals surface area contributed by atoms with Gasteiger partial charge in [0.2, 0.25) is 0 Å². The zero-order valence-electron chi connectivity index (χ0n) is 18.6. The first-order valence-electron chi connectivity index (χ1n) is 10.7. The van der Waals surface area contributed by atoms with Gasteiger partial charge in [-0.15, -0.1) is 0 Å². The minimum Gasteiger partial charge on any atom is -0.481 e. The van der Waals surface area contributed by atoms with Gasteiger partial charge in [-0.3, -0.25) is 19.6 Å². The number of carbonyl (C=O) groups is 3. The Balaban J connectivity index is 1.45. The number of carbonyl (C=O) groups excluding carboxylic acids is 2. The SMILES string of the molecule is Cn1ncc(C(=O)NC(CC(=O)O)C(F)F)c1NC(=O)OCC1c2ccccc2-c2ccccc21. The van der Waals surface area contributed by atoms with Crippen LogP contribution in [0, 0.1) is 0 Å². The van der Waals surface area contributed by atoms with Gasteiger partial charge in [-0.1, -0.05) is 48.5 Å². The number of benzene rings is 2. The van der Waals surface area contributed by atoms with Crippen LogP contribution in [-0.4, -0.2) is 51.9 Å². The Morgan fingerprint density at radius 2 is 1.69 bits per heavy atom. The highest BCUT2D eigenvalue weighted by Gasteiger charge is 2.30. The first-order chi connectivity index (χ1) is 16.8. The molecule has 1 unspecified atom stereocenters. The molecule has 3 N–H and O–H groups in total. The van der Waals surface area contributed by atoms with E-state index in [-0.39, 0.29) is 23.9 Å². The van der Waals surface area contributed by atoms with E-state index in [0.717, 1.165) is 28.5 Å². The van der Waals surface area contributed by atoms with Crippen LogP contribution >= 0.6 is 0 Å². The summed E-state index contributed by atoms with van der Waals surface area (Å²) in [5, 5.41) is 17.1. The molecule has 1 aromatic heterocycles. The van der Waals surface area contributed by atoms with Gasteiger partial charge in [0, 0.05) is 13.0 Å². The molecule has 0 spiro atoms. The number of carboxylic acid groups (broad SMARTS) is 1. The number of ether oxygens (including phenoxy) is 1. The zero-order valence-corrected chi connectivity index (χ0v) is 18.6. The van der Waals surface area contributed by atoms with Crippen LogP contribution in [0.4, 0.5) is 19.4 Å². The standard InChI is InChI=1S/C24H22F2N4O5/c1-30-22(17(11-27-30)23(33)28-19(21(25)26)10-20(31)32)29-24(34)35-12-18-15-8-4-2-6-13(15)14-7-3-5-9-16(14)18/h2-9,11,18-19,21H,10,12H2,1H3,(H,28,33)(H,29,34)(H,31,32). The number of anilines is 1. The third kappa shape index (κ3) is 4.98. The summed E-state index contributed by atoms with van der Waals surface area (Å²) in [6.07, 6.45) is -3.83. The fraction of sp³-hybridized carbons (Fsp3) is 0.250. The molecule has 1 aliphatic carbocycles. The van der Waals surface area contributed by atoms with Crippen molar-refractivity contribution in [3.05, 3.63) is 71.4 Å². The van der Waals surface area contributed by atoms with Gasteiger partial charge in [0.15, 0.2) is 0 Å². The summed E-state index contributed by atoms with van der Waals surface area (Å²) in [6, 6.07) is 13.8. The summed E-state index contributed by atoms with van der Waals surface area (Å²) >= 11 is 0. The molecule has 3 aromatic rings. The van der Waals surface area contributed by atoms with Gasteiger partial charge in [-0.05, 0) is 22.3 Å². The van der Waals surface area contributed by atoms with Crippen LogP contribution in [0.1, 0.15) is 33.8 Å². The van der Waals surface area contributed by atoms with E-state index in [1.165, 1.54) is 11.7 Å². The van der Waals surface area contributed by atoms with Crippen LogP contribution in [0.25, 0.3) is 11.1 Å². The molecule has 35 heavy (non-hydrogen) atoms. The average Bonchev–Trinajstić information content (AvgIpc) is 3.34. The van der Waals surface area contributed by atoms with Crippen molar-refractivity contribution in [1.29, 1.82) is 0 Å². The molecule has 0 saturated carbocycles. The third-order valence-electron chi connectivity index (χ3n) is 5.76. The second-order valence-corrected chi connectivity index (χ2v) is 7.99. The zero-order chi connectivity index (χ0) is 25.1. The predicted molar refractivity (Wildman–Crippen MR) is 121 cm³/mol. The van der Waals surface area contributed by atoms with E-state index >= 15 is 0 Å². The van der Waals surface area contributed by atoms with Crippen LogP contribution in [0.5, 0.6) is 0 Å². The van der Waals surface area contributed by atoms with Crippen molar-refractivity contribution in [1.82, 2.24) is 15.1 Å². The van der Waals surface area contributed by atoms with Crippen LogP contribution in [0.3, 0.4) is 0 Å². The largest absolute Gasteiger partial charge is 0.481 e. The summed E-state index contributed by atoms with van der Waals surface area (Å²) in [6.45, 7) is 0.0330. The summed E-state index contributed by atoms with van der Waals surface area (Å²) < 4.78 is 32.9. The van der Waals surface area contributed by atoms with Crippen molar-refractivity contribution in [2.75, 3.05) is 11.9 Å². The molecule has 182 valence electrons. The maximum absolute atomic E-state index is 13.1. The summed E-state index contributed by atoms with van der Waals surface area (Å²) in [5.74, 6) is -2.74. The second-order valence-electron chi connectivity index (χ2n) is 7.99. The number of carboxylic acids is 1. The number of hydrogen-bond acceptors (Lipinski definition) is 5. The molecule has 2 aromatic carbocycles. The highest BCUT2D eigenvalue weighted by Crippen LogP contribution is 2.44. The predicted octanol–water partition coefficient (Wildman–Crippen LogP) is 3.62. The van der Waals surface area contributed by atoms with Crippen molar-refractivity contribution in [2.24, 2.45) is 7.05 Å². The number of aromatic nitrogens is 2. The van der Waals surface area contributed by atoms with Gasteiger partial charge in [0.1, 0.15) is 24.0 Å². The number of aliphatic carboxylic acids is 1. The third-order valence-corrected chi connectivity index (χ3v) is 5.76. The quantitative estimate of drug-likeness (QED) is 0.449.